The van der Waals surface area contributed by atoms with Crippen LogP contribution in [-0.4, -0.2) is 34.7 Å². The van der Waals surface area contributed by atoms with Crippen LogP contribution in [0.25, 0.3) is 5.65 Å². The Bertz CT molecular complexity index is 818. The Balaban J connectivity index is 1.70. The standard InChI is InChI=1S/C12H15N7OS/c1-17-10(8-13)14-15-11(17)21-7-6-19-12(20)18-5-3-2-4-9(18)16-19/h2-5H,6-8,13H2,1H3. The van der Waals surface area contributed by atoms with Crippen LogP contribution in [0, 0.1) is 0 Å². The first-order valence-corrected chi connectivity index (χ1v) is 7.44. The molecule has 0 saturated heterocycles. The summed E-state index contributed by atoms with van der Waals surface area (Å²) in [6, 6.07) is 5.47. The predicted octanol–water partition coefficient (Wildman–Crippen LogP) is -0.125. The van der Waals surface area contributed by atoms with Crippen molar-refractivity contribution in [3.8, 4) is 0 Å². The fourth-order valence-electron chi connectivity index (χ4n) is 1.99. The predicted molar refractivity (Wildman–Crippen MR) is 79.1 cm³/mol. The third-order valence-corrected chi connectivity index (χ3v) is 4.13. The minimum atomic E-state index is -0.133. The zero-order valence-electron chi connectivity index (χ0n) is 11.5. The Morgan fingerprint density at radius 1 is 1.33 bits per heavy atom. The lowest BCUT2D eigenvalue weighted by Gasteiger charge is -2.01. The number of fused-ring (bicyclic) bond motifs is 1. The number of nitrogens with two attached hydrogens (primary N) is 1. The molecule has 0 atom stereocenters. The molecule has 0 radical (unpaired) electrons. The molecular weight excluding hydrogens is 290 g/mol. The molecule has 3 aromatic rings. The molecule has 2 N–H and O–H groups in total. The number of hydrogen-bond acceptors (Lipinski definition) is 6. The summed E-state index contributed by atoms with van der Waals surface area (Å²) in [5.41, 5.74) is 6.07. The van der Waals surface area contributed by atoms with E-state index in [1.54, 1.807) is 12.3 Å². The van der Waals surface area contributed by atoms with E-state index >= 15 is 0 Å². The van der Waals surface area contributed by atoms with Gasteiger partial charge in [0, 0.05) is 19.0 Å². The number of nitrogens with zero attached hydrogens (tertiary/aromatic N) is 6. The Hall–Kier alpha value is -2.13. The molecule has 0 saturated carbocycles. The fourth-order valence-corrected chi connectivity index (χ4v) is 2.83. The average Bonchev–Trinajstić information content (AvgIpc) is 3.01. The van der Waals surface area contributed by atoms with Crippen molar-refractivity contribution in [1.29, 1.82) is 0 Å². The van der Waals surface area contributed by atoms with Crippen molar-refractivity contribution in [2.75, 3.05) is 5.75 Å². The van der Waals surface area contributed by atoms with Crippen LogP contribution >= 0.6 is 11.8 Å². The van der Waals surface area contributed by atoms with Gasteiger partial charge in [-0.3, -0.25) is 4.40 Å². The van der Waals surface area contributed by atoms with Gasteiger partial charge < -0.3 is 10.3 Å². The minimum Gasteiger partial charge on any atom is -0.324 e. The first kappa shape index (κ1) is 13.8. The van der Waals surface area contributed by atoms with Crippen LogP contribution in [0.3, 0.4) is 0 Å². The van der Waals surface area contributed by atoms with Crippen molar-refractivity contribution in [2.45, 2.75) is 18.2 Å². The molecule has 3 aromatic heterocycles. The minimum absolute atomic E-state index is 0.133. The Morgan fingerprint density at radius 3 is 2.90 bits per heavy atom. The van der Waals surface area contributed by atoms with Gasteiger partial charge in [0.05, 0.1) is 13.1 Å². The second-order valence-electron chi connectivity index (χ2n) is 4.44. The first-order valence-electron chi connectivity index (χ1n) is 6.46. The lowest BCUT2D eigenvalue weighted by molar-refractivity contribution is 0.638. The molecule has 0 aliphatic rings. The van der Waals surface area contributed by atoms with Crippen molar-refractivity contribution >= 4 is 17.4 Å². The molecular formula is C12H15N7OS. The van der Waals surface area contributed by atoms with Crippen LogP contribution in [0.5, 0.6) is 0 Å². The van der Waals surface area contributed by atoms with Gasteiger partial charge in [-0.25, -0.2) is 9.48 Å². The molecule has 3 rings (SSSR count). The van der Waals surface area contributed by atoms with Crippen molar-refractivity contribution in [3.05, 3.63) is 40.7 Å². The largest absolute Gasteiger partial charge is 0.350 e. The average molecular weight is 305 g/mol. The van der Waals surface area contributed by atoms with E-state index in [1.807, 2.05) is 23.7 Å². The Morgan fingerprint density at radius 2 is 2.19 bits per heavy atom. The van der Waals surface area contributed by atoms with Gasteiger partial charge in [-0.1, -0.05) is 17.8 Å². The summed E-state index contributed by atoms with van der Waals surface area (Å²) < 4.78 is 4.85. The van der Waals surface area contributed by atoms with E-state index in [1.165, 1.54) is 20.8 Å². The summed E-state index contributed by atoms with van der Waals surface area (Å²) in [4.78, 5) is 12.1. The van der Waals surface area contributed by atoms with Gasteiger partial charge in [0.2, 0.25) is 0 Å². The molecule has 0 spiro atoms. The number of pyridine rings is 1. The van der Waals surface area contributed by atoms with E-state index in [0.29, 0.717) is 24.5 Å². The molecule has 0 aromatic carbocycles. The van der Waals surface area contributed by atoms with Crippen LogP contribution in [-0.2, 0) is 20.1 Å². The van der Waals surface area contributed by atoms with Crippen molar-refractivity contribution in [3.63, 3.8) is 0 Å². The SMILES string of the molecule is Cn1c(CN)nnc1SCCn1nc2ccccn2c1=O. The summed E-state index contributed by atoms with van der Waals surface area (Å²) in [7, 11) is 1.88. The van der Waals surface area contributed by atoms with Crippen LogP contribution in [0.4, 0.5) is 0 Å². The van der Waals surface area contributed by atoms with Crippen molar-refractivity contribution in [1.82, 2.24) is 28.9 Å². The monoisotopic (exact) mass is 305 g/mol. The number of aryl methyl sites for hydroxylation is 1. The highest BCUT2D eigenvalue weighted by Gasteiger charge is 2.09. The van der Waals surface area contributed by atoms with Gasteiger partial charge in [-0.05, 0) is 12.1 Å². The van der Waals surface area contributed by atoms with E-state index in [9.17, 15) is 4.79 Å². The second kappa shape index (κ2) is 5.70. The molecule has 0 amide bonds. The molecule has 0 aliphatic heterocycles. The van der Waals surface area contributed by atoms with Gasteiger partial charge in [-0.2, -0.15) is 0 Å². The zero-order chi connectivity index (χ0) is 14.8. The molecule has 0 aliphatic carbocycles. The van der Waals surface area contributed by atoms with Gasteiger partial charge in [0.25, 0.3) is 0 Å². The lowest BCUT2D eigenvalue weighted by Crippen LogP contribution is -2.22. The maximum Gasteiger partial charge on any atom is 0.350 e. The maximum atomic E-state index is 12.1. The lowest BCUT2D eigenvalue weighted by atomic mass is 10.5. The van der Waals surface area contributed by atoms with E-state index in [4.69, 9.17) is 5.73 Å². The Kier molecular flexibility index (Phi) is 3.76. The topological polar surface area (TPSA) is 96.0 Å². The van der Waals surface area contributed by atoms with Crippen LogP contribution in [0.15, 0.2) is 34.3 Å². The second-order valence-corrected chi connectivity index (χ2v) is 5.51. The molecule has 110 valence electrons. The molecule has 0 unspecified atom stereocenters. The van der Waals surface area contributed by atoms with Crippen molar-refractivity contribution in [2.24, 2.45) is 12.8 Å². The molecule has 8 nitrogen and oxygen atoms in total. The number of aromatic nitrogens is 6. The number of thioether (sulfide) groups is 1. The molecule has 0 bridgehead atoms. The summed E-state index contributed by atoms with van der Waals surface area (Å²) >= 11 is 1.52. The molecule has 21 heavy (non-hydrogen) atoms. The van der Waals surface area contributed by atoms with Gasteiger partial charge in [0.15, 0.2) is 10.8 Å². The number of hydrogen-bond donors (Lipinski definition) is 1. The van der Waals surface area contributed by atoms with E-state index in [-0.39, 0.29) is 5.69 Å². The molecule has 3 heterocycles. The summed E-state index contributed by atoms with van der Waals surface area (Å²) in [5, 5.41) is 13.1. The highest BCUT2D eigenvalue weighted by atomic mass is 32.2. The fraction of sp³-hybridized carbons (Fsp3) is 0.333. The van der Waals surface area contributed by atoms with Crippen LogP contribution < -0.4 is 11.4 Å². The maximum absolute atomic E-state index is 12.1. The van der Waals surface area contributed by atoms with Gasteiger partial charge in [-0.15, -0.1) is 15.3 Å². The summed E-state index contributed by atoms with van der Waals surface area (Å²) in [6.07, 6.45) is 1.71. The van der Waals surface area contributed by atoms with E-state index in [2.05, 4.69) is 15.3 Å². The van der Waals surface area contributed by atoms with Gasteiger partial charge >= 0.3 is 5.69 Å². The van der Waals surface area contributed by atoms with E-state index < -0.39 is 0 Å². The first-order chi connectivity index (χ1) is 10.2. The third-order valence-electron chi connectivity index (χ3n) is 3.13. The normalized spacial score (nSPS) is 11.3. The Labute approximate surface area is 124 Å². The van der Waals surface area contributed by atoms with Crippen LogP contribution in [0.1, 0.15) is 5.82 Å². The summed E-state index contributed by atoms with van der Waals surface area (Å²) in [5.74, 6) is 1.42. The highest BCUT2D eigenvalue weighted by Crippen LogP contribution is 2.15. The highest BCUT2D eigenvalue weighted by molar-refractivity contribution is 7.99. The third kappa shape index (κ3) is 2.57. The zero-order valence-corrected chi connectivity index (χ0v) is 12.3. The van der Waals surface area contributed by atoms with Crippen LogP contribution in [0.2, 0.25) is 0 Å². The summed E-state index contributed by atoms with van der Waals surface area (Å²) in [6.45, 7) is 0.867. The van der Waals surface area contributed by atoms with Gasteiger partial charge in [0.1, 0.15) is 5.82 Å². The number of rotatable bonds is 5. The smallest absolute Gasteiger partial charge is 0.324 e. The molecule has 9 heteroatoms. The van der Waals surface area contributed by atoms with Crippen molar-refractivity contribution < 1.29 is 0 Å². The molecule has 0 fully saturated rings. The quantitative estimate of drug-likeness (QED) is 0.660. The van der Waals surface area contributed by atoms with E-state index in [0.717, 1.165) is 11.0 Å².